The van der Waals surface area contributed by atoms with Gasteiger partial charge in [0.2, 0.25) is 0 Å². The van der Waals surface area contributed by atoms with Crippen LogP contribution in [0.2, 0.25) is 0 Å². The number of hydrogen-bond donors (Lipinski definition) is 0. The summed E-state index contributed by atoms with van der Waals surface area (Å²) >= 11 is 0. The number of hydrogen-bond acceptors (Lipinski definition) is 3. The molecule has 0 aromatic heterocycles. The van der Waals surface area contributed by atoms with Crippen LogP contribution in [-0.4, -0.2) is 59.7 Å². The number of unbranched alkanes of at least 4 members (excludes halogenated alkanes) is 1. The molecule has 2 amide bonds. The van der Waals surface area contributed by atoms with E-state index < -0.39 is 5.60 Å². The monoisotopic (exact) mass is 397 g/mol. The molecule has 1 aliphatic rings. The molecular formula is C24H33N2O3+. The number of benzene rings is 2. The maximum atomic E-state index is 13.2. The zero-order chi connectivity index (χ0) is 21.1. The normalized spacial score (nSPS) is 16.6. The van der Waals surface area contributed by atoms with Crippen LogP contribution in [0.1, 0.15) is 50.9 Å². The van der Waals surface area contributed by atoms with E-state index in [0.717, 1.165) is 35.7 Å². The third-order valence-corrected chi connectivity index (χ3v) is 5.62. The topological polar surface area (TPSA) is 46.6 Å². The molecule has 0 unspecified atom stereocenters. The molecule has 0 saturated carbocycles. The smallest absolute Gasteiger partial charge is 0.414 e. The fourth-order valence-electron chi connectivity index (χ4n) is 3.95. The van der Waals surface area contributed by atoms with Crippen LogP contribution in [0.15, 0.2) is 42.5 Å². The minimum absolute atomic E-state index is 0.0410. The van der Waals surface area contributed by atoms with Crippen molar-refractivity contribution in [1.29, 1.82) is 0 Å². The van der Waals surface area contributed by atoms with E-state index in [0.29, 0.717) is 30.7 Å². The van der Waals surface area contributed by atoms with Crippen molar-refractivity contribution in [3.63, 3.8) is 0 Å². The Bertz CT molecular complexity index is 872. The molecule has 0 bridgehead atoms. The van der Waals surface area contributed by atoms with Crippen molar-refractivity contribution in [2.45, 2.75) is 46.1 Å². The summed E-state index contributed by atoms with van der Waals surface area (Å²) in [6.07, 6.45) is 1.83. The van der Waals surface area contributed by atoms with Crippen molar-refractivity contribution in [2.75, 3.05) is 32.7 Å². The molecule has 5 nitrogen and oxygen atoms in total. The maximum Gasteiger partial charge on any atom is 0.516 e. The van der Waals surface area contributed by atoms with Gasteiger partial charge in [-0.1, -0.05) is 49.7 Å². The van der Waals surface area contributed by atoms with E-state index in [-0.39, 0.29) is 12.0 Å². The van der Waals surface area contributed by atoms with Gasteiger partial charge < -0.3 is 9.64 Å². The number of carbonyl (C=O) groups is 2. The second-order valence-corrected chi connectivity index (χ2v) is 8.97. The van der Waals surface area contributed by atoms with Gasteiger partial charge in [0.25, 0.3) is 5.91 Å². The fraction of sp³-hybridized carbons (Fsp3) is 0.500. The molecule has 1 aliphatic heterocycles. The summed E-state index contributed by atoms with van der Waals surface area (Å²) in [5.74, 6) is 0.0410. The third-order valence-electron chi connectivity index (χ3n) is 5.62. The first-order chi connectivity index (χ1) is 13.8. The van der Waals surface area contributed by atoms with E-state index in [1.165, 1.54) is 0 Å². The largest absolute Gasteiger partial charge is 0.516 e. The Hall–Kier alpha value is -2.40. The van der Waals surface area contributed by atoms with Gasteiger partial charge in [-0.05, 0) is 44.0 Å². The highest BCUT2D eigenvalue weighted by Crippen LogP contribution is 2.24. The van der Waals surface area contributed by atoms with Crippen LogP contribution in [0, 0.1) is 0 Å². The number of piperazine rings is 1. The summed E-state index contributed by atoms with van der Waals surface area (Å²) in [6.45, 7) is 10.9. The highest BCUT2D eigenvalue weighted by atomic mass is 16.6. The molecule has 2 aromatic carbocycles. The molecule has 1 heterocycles. The highest BCUT2D eigenvalue weighted by Gasteiger charge is 2.44. The van der Waals surface area contributed by atoms with Crippen molar-refractivity contribution in [2.24, 2.45) is 0 Å². The SMILES string of the molecule is CCCC[N+]1(C(=O)OC(C)(C)C)CCN(C(=O)c2cccc3ccccc23)CC1. The third kappa shape index (κ3) is 4.78. The van der Waals surface area contributed by atoms with Crippen LogP contribution in [0.25, 0.3) is 10.8 Å². The Morgan fingerprint density at radius 3 is 2.34 bits per heavy atom. The Morgan fingerprint density at radius 2 is 1.69 bits per heavy atom. The molecule has 2 aromatic rings. The van der Waals surface area contributed by atoms with Gasteiger partial charge >= 0.3 is 6.09 Å². The van der Waals surface area contributed by atoms with Crippen LogP contribution in [-0.2, 0) is 4.74 Å². The number of quaternary nitrogens is 1. The number of rotatable bonds is 4. The van der Waals surface area contributed by atoms with Gasteiger partial charge in [0, 0.05) is 5.56 Å². The predicted octanol–water partition coefficient (Wildman–Crippen LogP) is 4.85. The van der Waals surface area contributed by atoms with Gasteiger partial charge in [0.15, 0.2) is 0 Å². The number of carbonyl (C=O) groups excluding carboxylic acids is 2. The van der Waals surface area contributed by atoms with Crippen LogP contribution in [0.4, 0.5) is 4.79 Å². The summed E-state index contributed by atoms with van der Waals surface area (Å²) in [5.41, 5.74) is 0.221. The molecule has 0 aliphatic carbocycles. The van der Waals surface area contributed by atoms with Crippen molar-refractivity contribution in [3.8, 4) is 0 Å². The quantitative estimate of drug-likeness (QED) is 0.693. The maximum absolute atomic E-state index is 13.2. The average molecular weight is 398 g/mol. The van der Waals surface area contributed by atoms with Crippen LogP contribution in [0.5, 0.6) is 0 Å². The summed E-state index contributed by atoms with van der Waals surface area (Å²) in [5, 5.41) is 2.04. The average Bonchev–Trinajstić information content (AvgIpc) is 2.70. The molecule has 3 rings (SSSR count). The molecule has 156 valence electrons. The zero-order valence-electron chi connectivity index (χ0n) is 18.1. The Labute approximate surface area is 173 Å². The second-order valence-electron chi connectivity index (χ2n) is 8.97. The minimum Gasteiger partial charge on any atom is -0.414 e. The minimum atomic E-state index is -0.509. The summed E-state index contributed by atoms with van der Waals surface area (Å²) in [4.78, 5) is 28.1. The molecule has 0 N–H and O–H groups in total. The highest BCUT2D eigenvalue weighted by molar-refractivity contribution is 6.07. The Morgan fingerprint density at radius 1 is 1.03 bits per heavy atom. The lowest BCUT2D eigenvalue weighted by molar-refractivity contribution is -0.863. The lowest BCUT2D eigenvalue weighted by Gasteiger charge is -2.42. The van der Waals surface area contributed by atoms with E-state index in [2.05, 4.69) is 6.92 Å². The molecule has 1 fully saturated rings. The summed E-state index contributed by atoms with van der Waals surface area (Å²) < 4.78 is 6.06. The molecule has 5 heteroatoms. The predicted molar refractivity (Wildman–Crippen MR) is 116 cm³/mol. The summed E-state index contributed by atoms with van der Waals surface area (Å²) in [6, 6.07) is 13.8. The number of ether oxygens (including phenoxy) is 1. The van der Waals surface area contributed by atoms with Crippen molar-refractivity contribution in [1.82, 2.24) is 4.90 Å². The molecule has 0 atom stereocenters. The first kappa shape index (κ1) is 21.3. The van der Waals surface area contributed by atoms with E-state index in [1.807, 2.05) is 68.1 Å². The van der Waals surface area contributed by atoms with E-state index >= 15 is 0 Å². The van der Waals surface area contributed by atoms with Gasteiger partial charge in [-0.2, -0.15) is 4.79 Å². The number of amides is 2. The van der Waals surface area contributed by atoms with Crippen LogP contribution in [0.3, 0.4) is 0 Å². The first-order valence-electron chi connectivity index (χ1n) is 10.6. The second kappa shape index (κ2) is 8.54. The molecule has 1 saturated heterocycles. The van der Waals surface area contributed by atoms with Gasteiger partial charge in [-0.25, -0.2) is 4.48 Å². The lowest BCUT2D eigenvalue weighted by Crippen LogP contribution is -2.64. The molecule has 29 heavy (non-hydrogen) atoms. The van der Waals surface area contributed by atoms with Gasteiger partial charge in [-0.3, -0.25) is 4.79 Å². The van der Waals surface area contributed by atoms with Crippen molar-refractivity contribution in [3.05, 3.63) is 48.0 Å². The first-order valence-corrected chi connectivity index (χ1v) is 10.6. The molecule has 0 spiro atoms. The van der Waals surface area contributed by atoms with Gasteiger partial charge in [0.1, 0.15) is 18.7 Å². The van der Waals surface area contributed by atoms with Crippen LogP contribution >= 0.6 is 0 Å². The fourth-order valence-corrected chi connectivity index (χ4v) is 3.95. The van der Waals surface area contributed by atoms with Crippen molar-refractivity contribution < 1.29 is 18.8 Å². The van der Waals surface area contributed by atoms with Crippen LogP contribution < -0.4 is 0 Å². The number of fused-ring (bicyclic) bond motifs is 1. The van der Waals surface area contributed by atoms with E-state index in [1.54, 1.807) is 0 Å². The Kier molecular flexibility index (Phi) is 6.27. The van der Waals surface area contributed by atoms with Gasteiger partial charge in [0.05, 0.1) is 19.6 Å². The Balaban J connectivity index is 1.77. The lowest BCUT2D eigenvalue weighted by atomic mass is 10.0. The van der Waals surface area contributed by atoms with Gasteiger partial charge in [-0.15, -0.1) is 0 Å². The molecular weight excluding hydrogens is 364 g/mol. The summed E-state index contributed by atoms with van der Waals surface area (Å²) in [7, 11) is 0. The zero-order valence-corrected chi connectivity index (χ0v) is 18.1. The molecule has 0 radical (unpaired) electrons. The number of nitrogens with zero attached hydrogens (tertiary/aromatic N) is 2. The standard InChI is InChI=1S/C24H33N2O3/c1-5-6-16-26(23(28)29-24(2,3)4)17-14-25(15-18-26)22(27)21-13-9-11-19-10-7-8-12-20(19)21/h7-13H,5-6,14-18H2,1-4H3/q+1. The van der Waals surface area contributed by atoms with Crippen molar-refractivity contribution >= 4 is 22.8 Å². The van der Waals surface area contributed by atoms with E-state index in [4.69, 9.17) is 4.74 Å². The van der Waals surface area contributed by atoms with E-state index in [9.17, 15) is 9.59 Å².